The minimum absolute atomic E-state index is 0. The number of aromatic nitrogens is 4. The third-order valence-corrected chi connectivity index (χ3v) is 12.3. The molecule has 0 radical (unpaired) electrons. The zero-order valence-electron chi connectivity index (χ0n) is 37.8. The fourth-order valence-electron chi connectivity index (χ4n) is 10.4. The first-order valence-electron chi connectivity index (χ1n) is 21.1. The second-order valence-electron chi connectivity index (χ2n) is 17.5. The van der Waals surface area contributed by atoms with Crippen LogP contribution in [0.15, 0.2) is 72.8 Å². The van der Waals surface area contributed by atoms with Crippen LogP contribution in [0.3, 0.4) is 0 Å². The molecule has 4 nitrogen and oxygen atoms in total. The molecule has 0 saturated carbocycles. The minimum atomic E-state index is 0. The maximum Gasteiger partial charge on any atom is 3.00 e. The Morgan fingerprint density at radius 3 is 0.645 bits per heavy atom. The Bertz CT molecular complexity index is 2710. The van der Waals surface area contributed by atoms with E-state index >= 15 is 0 Å². The first-order chi connectivity index (χ1) is 28.7. The van der Waals surface area contributed by atoms with E-state index in [1.54, 1.807) is 0 Å². The molecule has 0 N–H and O–H groups in total. The molecule has 0 spiro atoms. The van der Waals surface area contributed by atoms with Gasteiger partial charge in [-0.15, -0.1) is 22.1 Å². The summed E-state index contributed by atoms with van der Waals surface area (Å²) in [5.74, 6) is 0. The number of hydrogen-bond donors (Lipinski definition) is 0. The van der Waals surface area contributed by atoms with E-state index < -0.39 is 0 Å². The molecule has 2 aliphatic rings. The fraction of sp³-hybridized carbons (Fsp3) is 0.214. The van der Waals surface area contributed by atoms with Gasteiger partial charge < -0.3 is 22.4 Å². The maximum absolute atomic E-state index is 5.59. The molecule has 62 heavy (non-hydrogen) atoms. The number of benzene rings is 4. The van der Waals surface area contributed by atoms with Gasteiger partial charge in [-0.3, -0.25) is 0 Å². The second-order valence-corrected chi connectivity index (χ2v) is 17.5. The predicted molar refractivity (Wildman–Crippen MR) is 255 cm³/mol. The van der Waals surface area contributed by atoms with Gasteiger partial charge in [0.1, 0.15) is 0 Å². The van der Waals surface area contributed by atoms with Crippen molar-refractivity contribution in [3.05, 3.63) is 162 Å². The molecule has 8 bridgehead atoms. The van der Waals surface area contributed by atoms with Crippen molar-refractivity contribution in [3.8, 4) is 44.5 Å². The van der Waals surface area contributed by atoms with E-state index in [9.17, 15) is 0 Å². The van der Waals surface area contributed by atoms with Crippen molar-refractivity contribution < 1.29 is 29.5 Å². The minimum Gasteiger partial charge on any atom is -1.00 e. The first-order valence-corrected chi connectivity index (χ1v) is 21.1. The molecule has 0 aliphatic carbocycles. The fourth-order valence-corrected chi connectivity index (χ4v) is 10.4. The van der Waals surface area contributed by atoms with E-state index in [2.05, 4.69) is 180 Å². The molecule has 7 aromatic rings. The summed E-state index contributed by atoms with van der Waals surface area (Å²) in [6.07, 6.45) is 8.72. The number of halogens is 1. The standard InChI is InChI=1S/C56H52N4.ClH.Mn/c1-29-21-33(5)49(34(6)22-29)53-41-13-15-43(57-41)54(50-35(7)23-30(2)24-36(50)8)45-17-19-47(59-45)56(52-39(11)27-32(4)28-40(52)12)48-20-18-46(60-48)55(44-16-14-42(53)58-44)51-37(9)25-31(3)26-38(51)10;;/h13-28H,1-12H3;1H;/q-2;;+3/p-1. The average molecular weight is 871 g/mol. The van der Waals surface area contributed by atoms with Gasteiger partial charge in [-0.2, -0.15) is 0 Å². The summed E-state index contributed by atoms with van der Waals surface area (Å²) in [7, 11) is 0. The van der Waals surface area contributed by atoms with Crippen molar-refractivity contribution in [1.82, 2.24) is 19.9 Å². The molecular weight excluding hydrogens is 819 g/mol. The van der Waals surface area contributed by atoms with Crippen LogP contribution in [0.5, 0.6) is 0 Å². The van der Waals surface area contributed by atoms with E-state index in [0.29, 0.717) is 0 Å². The van der Waals surface area contributed by atoms with E-state index in [1.807, 2.05) is 0 Å². The molecule has 4 aromatic carbocycles. The van der Waals surface area contributed by atoms with Gasteiger partial charge in [0.25, 0.3) is 0 Å². The Kier molecular flexibility index (Phi) is 12.1. The van der Waals surface area contributed by atoms with Crippen molar-refractivity contribution in [3.63, 3.8) is 0 Å². The molecule has 310 valence electrons. The van der Waals surface area contributed by atoms with Crippen LogP contribution in [0.2, 0.25) is 0 Å². The van der Waals surface area contributed by atoms with Gasteiger partial charge >= 0.3 is 17.1 Å². The van der Waals surface area contributed by atoms with Gasteiger partial charge in [-0.25, -0.2) is 9.97 Å². The normalized spacial score (nSPS) is 11.8. The van der Waals surface area contributed by atoms with Gasteiger partial charge in [-0.05, 0) is 196 Å². The van der Waals surface area contributed by atoms with Gasteiger partial charge in [0, 0.05) is 0 Å². The number of hydrogen-bond acceptors (Lipinski definition) is 2. The van der Waals surface area contributed by atoms with Crippen molar-refractivity contribution >= 4 is 46.4 Å². The molecule has 0 amide bonds. The maximum atomic E-state index is 5.59. The summed E-state index contributed by atoms with van der Waals surface area (Å²) in [6.45, 7) is 26.3. The number of aryl methyl sites for hydroxylation is 12. The summed E-state index contributed by atoms with van der Waals surface area (Å²) < 4.78 is 0. The van der Waals surface area contributed by atoms with Crippen LogP contribution in [0.4, 0.5) is 0 Å². The molecule has 3 aromatic heterocycles. The Labute approximate surface area is 383 Å². The monoisotopic (exact) mass is 870 g/mol. The number of fused-ring (bicyclic) bond motifs is 8. The smallest absolute Gasteiger partial charge is 1.00 e. The van der Waals surface area contributed by atoms with E-state index in [1.165, 1.54) is 66.8 Å². The summed E-state index contributed by atoms with van der Waals surface area (Å²) in [6, 6.07) is 26.9. The van der Waals surface area contributed by atoms with Gasteiger partial charge in [0.05, 0.1) is 22.8 Å². The molecule has 0 atom stereocenters. The number of rotatable bonds is 4. The number of nitrogens with zero attached hydrogens (tertiary/aromatic N) is 4. The predicted octanol–water partition coefficient (Wildman–Crippen LogP) is 11.3. The van der Waals surface area contributed by atoms with Crippen LogP contribution < -0.4 is 22.4 Å². The summed E-state index contributed by atoms with van der Waals surface area (Å²) in [4.78, 5) is 22.4. The molecular formula is C56H52ClMnN4. The average Bonchev–Trinajstić information content (AvgIpc) is 3.99. The summed E-state index contributed by atoms with van der Waals surface area (Å²) in [5, 5.41) is 0. The quantitative estimate of drug-likeness (QED) is 0.165. The van der Waals surface area contributed by atoms with Gasteiger partial charge in [0.2, 0.25) is 0 Å². The van der Waals surface area contributed by atoms with Crippen LogP contribution in [0.25, 0.3) is 90.9 Å². The third-order valence-electron chi connectivity index (χ3n) is 12.3. The Morgan fingerprint density at radius 1 is 0.290 bits per heavy atom. The molecule has 9 rings (SSSR count). The molecule has 0 unspecified atom stereocenters. The third kappa shape index (κ3) is 7.61. The van der Waals surface area contributed by atoms with Gasteiger partial charge in [-0.1, -0.05) is 95.1 Å². The van der Waals surface area contributed by atoms with Crippen molar-refractivity contribution in [2.45, 2.75) is 83.1 Å². The van der Waals surface area contributed by atoms with Crippen LogP contribution in [-0.4, -0.2) is 9.97 Å². The molecule has 0 saturated heterocycles. The summed E-state index contributed by atoms with van der Waals surface area (Å²) >= 11 is 0. The zero-order valence-corrected chi connectivity index (χ0v) is 39.7. The Morgan fingerprint density at radius 2 is 0.468 bits per heavy atom. The van der Waals surface area contributed by atoms with Gasteiger partial charge in [0.15, 0.2) is 0 Å². The van der Waals surface area contributed by atoms with Crippen molar-refractivity contribution in [1.29, 1.82) is 0 Å². The molecule has 5 heterocycles. The first kappa shape index (κ1) is 44.3. The molecule has 2 aliphatic heterocycles. The molecule has 0 fully saturated rings. The van der Waals surface area contributed by atoms with Crippen molar-refractivity contribution in [2.24, 2.45) is 0 Å². The van der Waals surface area contributed by atoms with Crippen LogP contribution in [0.1, 0.15) is 89.5 Å². The van der Waals surface area contributed by atoms with E-state index in [0.717, 1.165) is 89.4 Å². The summed E-state index contributed by atoms with van der Waals surface area (Å²) in [5.41, 5.74) is 30.4. The van der Waals surface area contributed by atoms with Crippen LogP contribution in [-0.2, 0) is 17.1 Å². The van der Waals surface area contributed by atoms with Crippen molar-refractivity contribution in [2.75, 3.05) is 0 Å². The second kappa shape index (κ2) is 16.9. The van der Waals surface area contributed by atoms with E-state index in [4.69, 9.17) is 19.9 Å². The SMILES string of the molecule is Cc1cc(C)c(-c2c3nc(c(-c4c(C)cc(C)cc4C)c4ccc([n-]4)c(-c4c(C)cc(C)cc4C)c4nc(c(-c5c(C)cc(C)cc5C)c5ccc2[n-]5)C=C4)C=C3)c(C)c1.[Cl-].[Mn+3]. The zero-order chi connectivity index (χ0) is 42.3. The Hall–Kier alpha value is -5.71. The van der Waals surface area contributed by atoms with Crippen LogP contribution >= 0.6 is 0 Å². The van der Waals surface area contributed by atoms with E-state index in [-0.39, 0.29) is 29.5 Å². The topological polar surface area (TPSA) is 54.0 Å². The van der Waals surface area contributed by atoms with Crippen LogP contribution in [0, 0.1) is 83.1 Å². The largest absolute Gasteiger partial charge is 3.00 e. The Balaban J connectivity index is 0.00000289. The molecule has 6 heteroatoms.